The van der Waals surface area contributed by atoms with E-state index in [-0.39, 0.29) is 12.4 Å². The normalized spacial score (nSPS) is 11.9. The molecule has 0 unspecified atom stereocenters. The van der Waals surface area contributed by atoms with E-state index in [1.165, 1.54) is 0 Å². The van der Waals surface area contributed by atoms with Gasteiger partial charge in [-0.05, 0) is 34.2 Å². The highest BCUT2D eigenvalue weighted by Gasteiger charge is 2.30. The molecule has 26 heavy (non-hydrogen) atoms. The second-order valence-electron chi connectivity index (χ2n) is 6.06. The van der Waals surface area contributed by atoms with E-state index >= 15 is 0 Å². The van der Waals surface area contributed by atoms with Crippen LogP contribution in [0, 0.1) is 0 Å². The lowest BCUT2D eigenvalue weighted by atomic mass is 9.99. The molecule has 2 aromatic carbocycles. The molecular formula is C18H18F3N5. The first-order chi connectivity index (χ1) is 12.4. The Bertz CT molecular complexity index is 845. The van der Waals surface area contributed by atoms with Gasteiger partial charge >= 0.3 is 6.18 Å². The Hall–Kier alpha value is -2.74. The van der Waals surface area contributed by atoms with Gasteiger partial charge in [0.25, 0.3) is 0 Å². The summed E-state index contributed by atoms with van der Waals surface area (Å²) in [5.74, 6) is 0.182. The Balaban J connectivity index is 1.74. The summed E-state index contributed by atoms with van der Waals surface area (Å²) >= 11 is 0. The molecule has 0 saturated heterocycles. The van der Waals surface area contributed by atoms with Crippen molar-refractivity contribution in [2.24, 2.45) is 0 Å². The number of benzene rings is 2. The number of rotatable bonds is 6. The lowest BCUT2D eigenvalue weighted by molar-refractivity contribution is -0.143. The molecule has 0 atom stereocenters. The van der Waals surface area contributed by atoms with Crippen molar-refractivity contribution in [1.82, 2.24) is 25.1 Å². The summed E-state index contributed by atoms with van der Waals surface area (Å²) in [4.78, 5) is 1.89. The number of tetrazole rings is 1. The first-order valence-corrected chi connectivity index (χ1v) is 8.06. The molecule has 8 heteroatoms. The van der Waals surface area contributed by atoms with E-state index in [9.17, 15) is 13.2 Å². The molecule has 0 fully saturated rings. The summed E-state index contributed by atoms with van der Waals surface area (Å²) in [5, 5.41) is 10.5. The minimum atomic E-state index is -4.36. The summed E-state index contributed by atoms with van der Waals surface area (Å²) in [6.07, 6.45) is -4.36. The molecule has 136 valence electrons. The van der Waals surface area contributed by atoms with E-state index in [0.717, 1.165) is 21.4 Å². The van der Waals surface area contributed by atoms with Gasteiger partial charge in [0, 0.05) is 6.54 Å². The zero-order chi connectivity index (χ0) is 18.6. The third-order valence-corrected chi connectivity index (χ3v) is 3.89. The molecule has 0 amide bonds. The van der Waals surface area contributed by atoms with E-state index in [2.05, 4.69) is 15.5 Å². The molecule has 0 spiro atoms. The van der Waals surface area contributed by atoms with E-state index < -0.39 is 12.7 Å². The molecule has 1 aromatic heterocycles. The quantitative estimate of drug-likeness (QED) is 0.674. The number of alkyl halides is 3. The maximum atomic E-state index is 12.6. The fourth-order valence-electron chi connectivity index (χ4n) is 2.77. The van der Waals surface area contributed by atoms with Crippen LogP contribution < -0.4 is 0 Å². The van der Waals surface area contributed by atoms with Crippen molar-refractivity contribution in [3.63, 3.8) is 0 Å². The molecule has 3 rings (SSSR count). The van der Waals surface area contributed by atoms with E-state index in [4.69, 9.17) is 0 Å². The van der Waals surface area contributed by atoms with Crippen LogP contribution in [0.2, 0.25) is 0 Å². The van der Waals surface area contributed by atoms with Crippen LogP contribution in [0.3, 0.4) is 0 Å². The van der Waals surface area contributed by atoms with Crippen molar-refractivity contribution in [3.05, 3.63) is 66.0 Å². The fraction of sp³-hybridized carbons (Fsp3) is 0.278. The van der Waals surface area contributed by atoms with Crippen molar-refractivity contribution in [1.29, 1.82) is 0 Å². The molecular weight excluding hydrogens is 343 g/mol. The Kier molecular flexibility index (Phi) is 5.32. The maximum Gasteiger partial charge on any atom is 0.408 e. The number of hydrogen-bond acceptors (Lipinski definition) is 4. The first kappa shape index (κ1) is 18.1. The summed E-state index contributed by atoms with van der Waals surface area (Å²) in [6, 6.07) is 17.9. The minimum absolute atomic E-state index is 0.182. The van der Waals surface area contributed by atoms with Crippen LogP contribution in [0.25, 0.3) is 11.1 Å². The molecule has 0 aliphatic carbocycles. The first-order valence-electron chi connectivity index (χ1n) is 8.06. The van der Waals surface area contributed by atoms with Crippen molar-refractivity contribution in [3.8, 4) is 11.1 Å². The van der Waals surface area contributed by atoms with Gasteiger partial charge in [-0.3, -0.25) is 4.90 Å². The molecule has 0 aliphatic heterocycles. The summed E-state index contributed by atoms with van der Waals surface area (Å²) in [6.45, 7) is -0.417. The highest BCUT2D eigenvalue weighted by atomic mass is 19.4. The predicted octanol–water partition coefficient (Wildman–Crippen LogP) is 3.53. The lowest BCUT2D eigenvalue weighted by Gasteiger charge is -2.19. The molecule has 0 bridgehead atoms. The highest BCUT2D eigenvalue weighted by molar-refractivity contribution is 5.67. The van der Waals surface area contributed by atoms with Crippen LogP contribution in [-0.4, -0.2) is 38.3 Å². The molecule has 0 saturated carbocycles. The van der Waals surface area contributed by atoms with Gasteiger partial charge in [-0.2, -0.15) is 13.2 Å². The van der Waals surface area contributed by atoms with Crippen molar-refractivity contribution in [2.75, 3.05) is 7.05 Å². The second kappa shape index (κ2) is 7.65. The SMILES string of the molecule is CN(Cc1ccccc1-c1ccccc1)Cc1nnnn1CC(F)(F)F. The highest BCUT2D eigenvalue weighted by Crippen LogP contribution is 2.24. The third-order valence-electron chi connectivity index (χ3n) is 3.89. The largest absolute Gasteiger partial charge is 0.408 e. The van der Waals surface area contributed by atoms with E-state index in [1.54, 1.807) is 0 Å². The summed E-state index contributed by atoms with van der Waals surface area (Å²) < 4.78 is 38.6. The average molecular weight is 361 g/mol. The van der Waals surface area contributed by atoms with Crippen molar-refractivity contribution < 1.29 is 13.2 Å². The van der Waals surface area contributed by atoms with E-state index in [0.29, 0.717) is 6.54 Å². The van der Waals surface area contributed by atoms with Gasteiger partial charge in [0.15, 0.2) is 5.82 Å². The van der Waals surface area contributed by atoms with Crippen molar-refractivity contribution in [2.45, 2.75) is 25.8 Å². The number of aromatic nitrogens is 4. The second-order valence-corrected chi connectivity index (χ2v) is 6.06. The maximum absolute atomic E-state index is 12.6. The lowest BCUT2D eigenvalue weighted by Crippen LogP contribution is -2.25. The molecule has 0 N–H and O–H groups in total. The van der Waals surface area contributed by atoms with Gasteiger partial charge in [0.05, 0.1) is 6.54 Å². The molecule has 1 heterocycles. The van der Waals surface area contributed by atoms with Crippen LogP contribution in [0.4, 0.5) is 13.2 Å². The van der Waals surface area contributed by atoms with Gasteiger partial charge in [0.1, 0.15) is 6.54 Å². The number of hydrogen-bond donors (Lipinski definition) is 0. The van der Waals surface area contributed by atoms with Crippen LogP contribution in [-0.2, 0) is 19.6 Å². The van der Waals surface area contributed by atoms with Crippen LogP contribution in [0.15, 0.2) is 54.6 Å². The number of halogens is 3. The summed E-state index contributed by atoms with van der Waals surface area (Å²) in [7, 11) is 1.83. The molecule has 3 aromatic rings. The van der Waals surface area contributed by atoms with Gasteiger partial charge < -0.3 is 0 Å². The average Bonchev–Trinajstić information content (AvgIpc) is 3.01. The Morgan fingerprint density at radius 3 is 2.38 bits per heavy atom. The molecule has 5 nitrogen and oxygen atoms in total. The monoisotopic (exact) mass is 361 g/mol. The minimum Gasteiger partial charge on any atom is -0.295 e. The Labute approximate surface area is 149 Å². The van der Waals surface area contributed by atoms with Crippen LogP contribution >= 0.6 is 0 Å². The fourth-order valence-corrected chi connectivity index (χ4v) is 2.77. The molecule has 0 aliphatic rings. The Morgan fingerprint density at radius 1 is 0.962 bits per heavy atom. The van der Waals surface area contributed by atoms with Gasteiger partial charge in [0.2, 0.25) is 0 Å². The van der Waals surface area contributed by atoms with Gasteiger partial charge in [-0.15, -0.1) is 5.10 Å². The van der Waals surface area contributed by atoms with Crippen LogP contribution in [0.1, 0.15) is 11.4 Å². The standard InChI is InChI=1S/C18H18F3N5/c1-25(12-17-22-23-24-26(17)13-18(19,20)21)11-15-9-5-6-10-16(15)14-7-3-2-4-8-14/h2-10H,11-13H2,1H3. The van der Waals surface area contributed by atoms with Crippen LogP contribution in [0.5, 0.6) is 0 Å². The van der Waals surface area contributed by atoms with E-state index in [1.807, 2.05) is 66.5 Å². The third kappa shape index (κ3) is 4.66. The van der Waals surface area contributed by atoms with Gasteiger partial charge in [-0.25, -0.2) is 4.68 Å². The topological polar surface area (TPSA) is 46.8 Å². The van der Waals surface area contributed by atoms with Crippen molar-refractivity contribution >= 4 is 0 Å². The van der Waals surface area contributed by atoms with Gasteiger partial charge in [-0.1, -0.05) is 54.6 Å². The Morgan fingerprint density at radius 2 is 1.65 bits per heavy atom. The zero-order valence-corrected chi connectivity index (χ0v) is 14.2. The summed E-state index contributed by atoms with van der Waals surface area (Å²) in [5.41, 5.74) is 3.27. The molecule has 0 radical (unpaired) electrons. The smallest absolute Gasteiger partial charge is 0.295 e. The number of nitrogens with zero attached hydrogens (tertiary/aromatic N) is 5. The zero-order valence-electron chi connectivity index (χ0n) is 14.2. The predicted molar refractivity (Wildman–Crippen MR) is 90.9 cm³/mol.